The van der Waals surface area contributed by atoms with E-state index in [0.29, 0.717) is 11.5 Å². The zero-order chi connectivity index (χ0) is 14.4. The predicted octanol–water partition coefficient (Wildman–Crippen LogP) is 4.20. The average molecular weight is 280 g/mol. The van der Waals surface area contributed by atoms with Crippen LogP contribution in [0.25, 0.3) is 0 Å². The quantitative estimate of drug-likeness (QED) is 0.812. The Labute approximate surface area is 126 Å². The summed E-state index contributed by atoms with van der Waals surface area (Å²) in [6.07, 6.45) is 12.9. The van der Waals surface area contributed by atoms with Crippen molar-refractivity contribution in [1.29, 1.82) is 0 Å². The van der Waals surface area contributed by atoms with Crippen molar-refractivity contribution in [3.05, 3.63) is 0 Å². The van der Waals surface area contributed by atoms with Crippen molar-refractivity contribution in [2.75, 3.05) is 19.6 Å². The second kappa shape index (κ2) is 7.79. The molecule has 0 radical (unpaired) electrons. The van der Waals surface area contributed by atoms with Crippen LogP contribution in [-0.4, -0.2) is 36.6 Å². The lowest BCUT2D eigenvalue weighted by molar-refractivity contribution is 0.0790. The van der Waals surface area contributed by atoms with Gasteiger partial charge in [0.2, 0.25) is 0 Å². The van der Waals surface area contributed by atoms with Crippen molar-refractivity contribution in [3.63, 3.8) is 0 Å². The summed E-state index contributed by atoms with van der Waals surface area (Å²) in [6, 6.07) is 1.42. The topological polar surface area (TPSA) is 15.3 Å². The average Bonchev–Trinajstić information content (AvgIpc) is 2.63. The molecule has 1 heterocycles. The maximum atomic E-state index is 3.75. The lowest BCUT2D eigenvalue weighted by Crippen LogP contribution is -2.48. The molecule has 2 rings (SSSR count). The molecule has 0 bridgehead atoms. The van der Waals surface area contributed by atoms with E-state index in [1.54, 1.807) is 0 Å². The monoisotopic (exact) mass is 280 g/mol. The van der Waals surface area contributed by atoms with Crippen LogP contribution in [0.15, 0.2) is 0 Å². The molecule has 0 aromatic carbocycles. The number of rotatable bonds is 5. The van der Waals surface area contributed by atoms with E-state index in [1.807, 2.05) is 0 Å². The smallest absolute Gasteiger partial charge is 0.00671 e. The van der Waals surface area contributed by atoms with Gasteiger partial charge < -0.3 is 10.2 Å². The molecule has 1 aliphatic heterocycles. The zero-order valence-electron chi connectivity index (χ0n) is 14.1. The molecule has 2 aliphatic rings. The number of hydrogen-bond acceptors (Lipinski definition) is 2. The van der Waals surface area contributed by atoms with Crippen LogP contribution in [0.5, 0.6) is 0 Å². The van der Waals surface area contributed by atoms with Gasteiger partial charge in [-0.15, -0.1) is 0 Å². The van der Waals surface area contributed by atoms with E-state index in [0.717, 1.165) is 6.04 Å². The molecular formula is C18H36N2. The summed E-state index contributed by atoms with van der Waals surface area (Å²) in [5.41, 5.74) is 0.557. The molecule has 1 saturated heterocycles. The Morgan fingerprint density at radius 1 is 1.05 bits per heavy atom. The fraction of sp³-hybridized carbons (Fsp3) is 1.00. The van der Waals surface area contributed by atoms with E-state index >= 15 is 0 Å². The number of nitrogens with one attached hydrogen (secondary N) is 1. The molecule has 0 aromatic heterocycles. The van der Waals surface area contributed by atoms with Gasteiger partial charge in [-0.05, 0) is 44.6 Å². The standard InChI is InChI=1S/C18H36N2/c1-16(2)19-14-18(11-7-5-8-12-18)15-20-13-9-4-6-10-17(20)3/h16-17,19H,4-15H2,1-3H3. The van der Waals surface area contributed by atoms with Crippen molar-refractivity contribution < 1.29 is 0 Å². The van der Waals surface area contributed by atoms with Gasteiger partial charge in [-0.2, -0.15) is 0 Å². The summed E-state index contributed by atoms with van der Waals surface area (Å²) >= 11 is 0. The fourth-order valence-corrected chi connectivity index (χ4v) is 4.11. The minimum Gasteiger partial charge on any atom is -0.314 e. The first-order chi connectivity index (χ1) is 9.61. The van der Waals surface area contributed by atoms with Crippen LogP contribution in [0, 0.1) is 5.41 Å². The van der Waals surface area contributed by atoms with Crippen LogP contribution in [0.4, 0.5) is 0 Å². The second-order valence-electron chi connectivity index (χ2n) is 7.77. The number of hydrogen-bond donors (Lipinski definition) is 1. The Morgan fingerprint density at radius 3 is 2.45 bits per heavy atom. The summed E-state index contributed by atoms with van der Waals surface area (Å²) in [5, 5.41) is 3.75. The molecule has 1 N–H and O–H groups in total. The highest BCUT2D eigenvalue weighted by Gasteiger charge is 2.35. The maximum Gasteiger partial charge on any atom is 0.00671 e. The molecule has 1 unspecified atom stereocenters. The van der Waals surface area contributed by atoms with Crippen molar-refractivity contribution in [3.8, 4) is 0 Å². The number of nitrogens with zero attached hydrogens (tertiary/aromatic N) is 1. The first-order valence-electron chi connectivity index (χ1n) is 9.09. The Morgan fingerprint density at radius 2 is 1.75 bits per heavy atom. The number of likely N-dealkylation sites (tertiary alicyclic amines) is 1. The van der Waals surface area contributed by atoms with Crippen LogP contribution in [0.1, 0.15) is 78.6 Å². The zero-order valence-corrected chi connectivity index (χ0v) is 14.1. The molecule has 1 atom stereocenters. The van der Waals surface area contributed by atoms with E-state index in [4.69, 9.17) is 0 Å². The van der Waals surface area contributed by atoms with Gasteiger partial charge in [0.1, 0.15) is 0 Å². The van der Waals surface area contributed by atoms with Crippen molar-refractivity contribution >= 4 is 0 Å². The summed E-state index contributed by atoms with van der Waals surface area (Å²) in [4.78, 5) is 2.82. The van der Waals surface area contributed by atoms with Crippen molar-refractivity contribution in [2.45, 2.75) is 90.6 Å². The Balaban J connectivity index is 1.98. The first kappa shape index (κ1) is 16.3. The molecule has 2 fully saturated rings. The van der Waals surface area contributed by atoms with Gasteiger partial charge >= 0.3 is 0 Å². The third-order valence-corrected chi connectivity index (χ3v) is 5.53. The van der Waals surface area contributed by atoms with E-state index < -0.39 is 0 Å². The van der Waals surface area contributed by atoms with E-state index in [9.17, 15) is 0 Å². The van der Waals surface area contributed by atoms with Crippen LogP contribution < -0.4 is 5.32 Å². The Hall–Kier alpha value is -0.0800. The molecule has 0 amide bonds. The highest BCUT2D eigenvalue weighted by atomic mass is 15.2. The molecule has 0 spiro atoms. The van der Waals surface area contributed by atoms with Crippen LogP contribution in [-0.2, 0) is 0 Å². The van der Waals surface area contributed by atoms with Crippen molar-refractivity contribution in [2.24, 2.45) is 5.41 Å². The summed E-state index contributed by atoms with van der Waals surface area (Å²) in [5.74, 6) is 0. The van der Waals surface area contributed by atoms with Gasteiger partial charge in [-0.3, -0.25) is 0 Å². The van der Waals surface area contributed by atoms with Crippen LogP contribution in [0.3, 0.4) is 0 Å². The SMILES string of the molecule is CC(C)NCC1(CN2CCCCCC2C)CCCCC1. The largest absolute Gasteiger partial charge is 0.314 e. The molecule has 2 nitrogen and oxygen atoms in total. The third-order valence-electron chi connectivity index (χ3n) is 5.53. The predicted molar refractivity (Wildman–Crippen MR) is 88.2 cm³/mol. The molecule has 118 valence electrons. The lowest BCUT2D eigenvalue weighted by Gasteiger charge is -2.43. The van der Waals surface area contributed by atoms with Crippen molar-refractivity contribution in [1.82, 2.24) is 10.2 Å². The second-order valence-corrected chi connectivity index (χ2v) is 7.77. The minimum atomic E-state index is 0.557. The molecule has 1 aliphatic carbocycles. The van der Waals surface area contributed by atoms with Gasteiger partial charge in [-0.25, -0.2) is 0 Å². The van der Waals surface area contributed by atoms with E-state index in [2.05, 4.69) is 31.0 Å². The van der Waals surface area contributed by atoms with E-state index in [1.165, 1.54) is 77.4 Å². The highest BCUT2D eigenvalue weighted by Crippen LogP contribution is 2.37. The minimum absolute atomic E-state index is 0.557. The summed E-state index contributed by atoms with van der Waals surface area (Å²) in [7, 11) is 0. The lowest BCUT2D eigenvalue weighted by atomic mass is 9.73. The first-order valence-corrected chi connectivity index (χ1v) is 9.09. The molecular weight excluding hydrogens is 244 g/mol. The van der Waals surface area contributed by atoms with Gasteiger partial charge in [0.25, 0.3) is 0 Å². The summed E-state index contributed by atoms with van der Waals surface area (Å²) in [6.45, 7) is 10.9. The molecule has 1 saturated carbocycles. The summed E-state index contributed by atoms with van der Waals surface area (Å²) < 4.78 is 0. The van der Waals surface area contributed by atoms with Gasteiger partial charge in [0, 0.05) is 25.2 Å². The fourth-order valence-electron chi connectivity index (χ4n) is 4.11. The Bertz CT molecular complexity index is 269. The molecule has 0 aromatic rings. The maximum absolute atomic E-state index is 3.75. The van der Waals surface area contributed by atoms with E-state index in [-0.39, 0.29) is 0 Å². The Kier molecular flexibility index (Phi) is 6.35. The van der Waals surface area contributed by atoms with Crippen LogP contribution in [0.2, 0.25) is 0 Å². The van der Waals surface area contributed by atoms with Gasteiger partial charge in [0.05, 0.1) is 0 Å². The van der Waals surface area contributed by atoms with Gasteiger partial charge in [-0.1, -0.05) is 46.0 Å². The highest BCUT2D eigenvalue weighted by molar-refractivity contribution is 4.90. The normalized spacial score (nSPS) is 28.5. The molecule has 20 heavy (non-hydrogen) atoms. The van der Waals surface area contributed by atoms with Gasteiger partial charge in [0.15, 0.2) is 0 Å². The third kappa shape index (κ3) is 4.73. The molecule has 2 heteroatoms. The van der Waals surface area contributed by atoms with Crippen LogP contribution >= 0.6 is 0 Å².